The molecule has 0 spiro atoms. The molecule has 0 atom stereocenters. The van der Waals surface area contributed by atoms with Gasteiger partial charge in [-0.2, -0.15) is 0 Å². The molecule has 1 aromatic rings. The molecule has 1 saturated heterocycles. The number of halogens is 3. The number of ether oxygens (including phenoxy) is 1. The molecule has 0 aliphatic carbocycles. The minimum absolute atomic E-state index is 0.500. The first-order valence-corrected chi connectivity index (χ1v) is 6.10. The van der Waals surface area contributed by atoms with Crippen molar-refractivity contribution in [2.45, 2.75) is 12.8 Å². The highest BCUT2D eigenvalue weighted by atomic mass is 19.2. The highest BCUT2D eigenvalue weighted by molar-refractivity contribution is 5.19. The standard InChI is InChI=1S/C13H16F3NO/c14-11-8-10(9-12(15)13(11)16)2-1-3-17-4-6-18-7-5-17/h8-9H,1-7H2. The van der Waals surface area contributed by atoms with Gasteiger partial charge in [0.15, 0.2) is 17.5 Å². The predicted molar refractivity (Wildman–Crippen MR) is 61.9 cm³/mol. The van der Waals surface area contributed by atoms with Gasteiger partial charge in [0, 0.05) is 13.1 Å². The number of morpholine rings is 1. The highest BCUT2D eigenvalue weighted by Gasteiger charge is 2.12. The Labute approximate surface area is 104 Å². The molecule has 18 heavy (non-hydrogen) atoms. The van der Waals surface area contributed by atoms with E-state index in [2.05, 4.69) is 4.90 Å². The van der Waals surface area contributed by atoms with Gasteiger partial charge in [0.05, 0.1) is 13.2 Å². The molecule has 1 aromatic carbocycles. The second-order valence-corrected chi connectivity index (χ2v) is 4.43. The van der Waals surface area contributed by atoms with Crippen LogP contribution in [-0.4, -0.2) is 37.7 Å². The van der Waals surface area contributed by atoms with E-state index >= 15 is 0 Å². The number of hydrogen-bond donors (Lipinski definition) is 0. The predicted octanol–water partition coefficient (Wildman–Crippen LogP) is 2.37. The summed E-state index contributed by atoms with van der Waals surface area (Å²) in [5.41, 5.74) is 0.500. The van der Waals surface area contributed by atoms with E-state index in [1.165, 1.54) is 0 Å². The molecule has 0 radical (unpaired) electrons. The molecule has 5 heteroatoms. The Hall–Kier alpha value is -1.07. The number of rotatable bonds is 4. The summed E-state index contributed by atoms with van der Waals surface area (Å²) in [4.78, 5) is 2.25. The fraction of sp³-hybridized carbons (Fsp3) is 0.538. The largest absolute Gasteiger partial charge is 0.379 e. The molecule has 2 rings (SSSR count). The van der Waals surface area contributed by atoms with Crippen molar-refractivity contribution in [2.24, 2.45) is 0 Å². The minimum atomic E-state index is -1.40. The average Bonchev–Trinajstić information content (AvgIpc) is 2.37. The van der Waals surface area contributed by atoms with Gasteiger partial charge in [-0.05, 0) is 37.1 Å². The second kappa shape index (κ2) is 6.20. The summed E-state index contributed by atoms with van der Waals surface area (Å²) in [7, 11) is 0. The van der Waals surface area contributed by atoms with Crippen LogP contribution >= 0.6 is 0 Å². The molecular weight excluding hydrogens is 243 g/mol. The maximum absolute atomic E-state index is 13.0. The van der Waals surface area contributed by atoms with Gasteiger partial charge in [-0.1, -0.05) is 0 Å². The summed E-state index contributed by atoms with van der Waals surface area (Å²) < 4.78 is 43.9. The third-order valence-electron chi connectivity index (χ3n) is 3.09. The lowest BCUT2D eigenvalue weighted by Crippen LogP contribution is -2.36. The van der Waals surface area contributed by atoms with Crippen molar-refractivity contribution in [3.63, 3.8) is 0 Å². The van der Waals surface area contributed by atoms with Gasteiger partial charge in [-0.3, -0.25) is 4.90 Å². The molecule has 100 valence electrons. The van der Waals surface area contributed by atoms with Crippen molar-refractivity contribution in [2.75, 3.05) is 32.8 Å². The van der Waals surface area contributed by atoms with Gasteiger partial charge in [0.25, 0.3) is 0 Å². The minimum Gasteiger partial charge on any atom is -0.379 e. The van der Waals surface area contributed by atoms with Gasteiger partial charge >= 0.3 is 0 Å². The Balaban J connectivity index is 1.82. The zero-order valence-corrected chi connectivity index (χ0v) is 10.1. The summed E-state index contributed by atoms with van der Waals surface area (Å²) in [6.07, 6.45) is 1.34. The Morgan fingerprint density at radius 1 is 1.06 bits per heavy atom. The SMILES string of the molecule is Fc1cc(CCCN2CCOCC2)cc(F)c1F. The highest BCUT2D eigenvalue weighted by Crippen LogP contribution is 2.15. The molecule has 0 N–H and O–H groups in total. The van der Waals surface area contributed by atoms with E-state index < -0.39 is 17.5 Å². The molecule has 0 amide bonds. The van der Waals surface area contributed by atoms with E-state index in [0.29, 0.717) is 12.0 Å². The van der Waals surface area contributed by atoms with E-state index in [4.69, 9.17) is 4.74 Å². The molecule has 0 saturated carbocycles. The Kier molecular flexibility index (Phi) is 4.60. The average molecular weight is 259 g/mol. The fourth-order valence-electron chi connectivity index (χ4n) is 2.08. The molecule has 0 aromatic heterocycles. The third-order valence-corrected chi connectivity index (χ3v) is 3.09. The molecular formula is C13H16F3NO. The molecule has 1 heterocycles. The van der Waals surface area contributed by atoms with Crippen LogP contribution in [0.5, 0.6) is 0 Å². The molecule has 0 bridgehead atoms. The first-order chi connectivity index (χ1) is 8.66. The smallest absolute Gasteiger partial charge is 0.194 e. The maximum atomic E-state index is 13.0. The Bertz CT molecular complexity index is 382. The zero-order valence-electron chi connectivity index (χ0n) is 10.1. The van der Waals surface area contributed by atoms with Gasteiger partial charge in [-0.25, -0.2) is 13.2 Å². The lowest BCUT2D eigenvalue weighted by molar-refractivity contribution is 0.0374. The lowest BCUT2D eigenvalue weighted by Gasteiger charge is -2.26. The molecule has 0 unspecified atom stereocenters. The number of benzene rings is 1. The van der Waals surface area contributed by atoms with E-state index in [-0.39, 0.29) is 0 Å². The van der Waals surface area contributed by atoms with E-state index in [0.717, 1.165) is 51.4 Å². The lowest BCUT2D eigenvalue weighted by atomic mass is 10.1. The van der Waals surface area contributed by atoms with Crippen LogP contribution in [0.1, 0.15) is 12.0 Å². The fourth-order valence-corrected chi connectivity index (χ4v) is 2.08. The van der Waals surface area contributed by atoms with Crippen LogP contribution in [0.3, 0.4) is 0 Å². The maximum Gasteiger partial charge on any atom is 0.194 e. The first kappa shape index (κ1) is 13.4. The monoisotopic (exact) mass is 259 g/mol. The van der Waals surface area contributed by atoms with E-state index in [1.54, 1.807) is 0 Å². The van der Waals surface area contributed by atoms with Crippen LogP contribution in [0.25, 0.3) is 0 Å². The first-order valence-electron chi connectivity index (χ1n) is 6.10. The normalized spacial score (nSPS) is 17.1. The van der Waals surface area contributed by atoms with Crippen molar-refractivity contribution in [3.05, 3.63) is 35.1 Å². The summed E-state index contributed by atoms with van der Waals surface area (Å²) >= 11 is 0. The molecule has 2 nitrogen and oxygen atoms in total. The topological polar surface area (TPSA) is 12.5 Å². The Morgan fingerprint density at radius 3 is 2.28 bits per heavy atom. The van der Waals surface area contributed by atoms with Crippen molar-refractivity contribution in [1.82, 2.24) is 4.90 Å². The van der Waals surface area contributed by atoms with Crippen LogP contribution in [0.15, 0.2) is 12.1 Å². The Morgan fingerprint density at radius 2 is 1.67 bits per heavy atom. The molecule has 1 aliphatic heterocycles. The van der Waals surface area contributed by atoms with E-state index in [9.17, 15) is 13.2 Å². The van der Waals surface area contributed by atoms with Gasteiger partial charge in [-0.15, -0.1) is 0 Å². The van der Waals surface area contributed by atoms with Gasteiger partial charge in [0.1, 0.15) is 0 Å². The van der Waals surface area contributed by atoms with Crippen LogP contribution in [-0.2, 0) is 11.2 Å². The van der Waals surface area contributed by atoms with Crippen LogP contribution in [0.2, 0.25) is 0 Å². The van der Waals surface area contributed by atoms with Gasteiger partial charge in [0.2, 0.25) is 0 Å². The number of hydrogen-bond acceptors (Lipinski definition) is 2. The molecule has 1 aliphatic rings. The second-order valence-electron chi connectivity index (χ2n) is 4.43. The van der Waals surface area contributed by atoms with Crippen LogP contribution in [0.4, 0.5) is 13.2 Å². The van der Waals surface area contributed by atoms with Crippen molar-refractivity contribution in [1.29, 1.82) is 0 Å². The van der Waals surface area contributed by atoms with Crippen molar-refractivity contribution < 1.29 is 17.9 Å². The van der Waals surface area contributed by atoms with Crippen molar-refractivity contribution in [3.8, 4) is 0 Å². The van der Waals surface area contributed by atoms with Crippen molar-refractivity contribution >= 4 is 0 Å². The quantitative estimate of drug-likeness (QED) is 0.770. The molecule has 1 fully saturated rings. The number of aryl methyl sites for hydroxylation is 1. The van der Waals surface area contributed by atoms with E-state index in [1.807, 2.05) is 0 Å². The van der Waals surface area contributed by atoms with Crippen LogP contribution in [0, 0.1) is 17.5 Å². The summed E-state index contributed by atoms with van der Waals surface area (Å²) in [6.45, 7) is 4.13. The summed E-state index contributed by atoms with van der Waals surface area (Å²) in [5, 5.41) is 0. The van der Waals surface area contributed by atoms with Crippen LogP contribution < -0.4 is 0 Å². The third kappa shape index (κ3) is 3.46. The summed E-state index contributed by atoms with van der Waals surface area (Å²) in [5.74, 6) is -3.63. The summed E-state index contributed by atoms with van der Waals surface area (Å²) in [6, 6.07) is 2.13. The number of nitrogens with zero attached hydrogens (tertiary/aromatic N) is 1. The zero-order chi connectivity index (χ0) is 13.0. The van der Waals surface area contributed by atoms with Gasteiger partial charge < -0.3 is 4.74 Å².